The van der Waals surface area contributed by atoms with Crippen LogP contribution in [0.5, 0.6) is 0 Å². The summed E-state index contributed by atoms with van der Waals surface area (Å²) < 4.78 is 25.6. The molecule has 1 fully saturated rings. The van der Waals surface area contributed by atoms with Crippen molar-refractivity contribution in [1.29, 1.82) is 0 Å². The van der Waals surface area contributed by atoms with Crippen molar-refractivity contribution in [2.24, 2.45) is 0 Å². The molecule has 1 aliphatic rings. The Morgan fingerprint density at radius 3 is 2.69 bits per heavy atom. The van der Waals surface area contributed by atoms with Gasteiger partial charge in [0.25, 0.3) is 0 Å². The van der Waals surface area contributed by atoms with Gasteiger partial charge in [0.1, 0.15) is 5.82 Å². The van der Waals surface area contributed by atoms with Crippen LogP contribution in [0.15, 0.2) is 0 Å². The minimum absolute atomic E-state index is 0.0253. The molecule has 0 aliphatic carbocycles. The van der Waals surface area contributed by atoms with E-state index in [0.29, 0.717) is 5.13 Å². The molecular weight excluding hydrogens is 210 g/mol. The van der Waals surface area contributed by atoms with E-state index in [2.05, 4.69) is 14.7 Å². The highest BCUT2D eigenvalue weighted by Gasteiger charge is 2.33. The van der Waals surface area contributed by atoms with Crippen molar-refractivity contribution >= 4 is 26.5 Å². The van der Waals surface area contributed by atoms with Crippen molar-refractivity contribution in [1.82, 2.24) is 9.36 Å². The van der Waals surface area contributed by atoms with E-state index in [9.17, 15) is 8.42 Å². The van der Waals surface area contributed by atoms with Gasteiger partial charge >= 0.3 is 0 Å². The molecule has 7 heteroatoms. The van der Waals surface area contributed by atoms with Gasteiger partial charge in [-0.1, -0.05) is 0 Å². The van der Waals surface area contributed by atoms with Gasteiger partial charge in [-0.2, -0.15) is 4.37 Å². The topological polar surface area (TPSA) is 72.0 Å². The van der Waals surface area contributed by atoms with Crippen LogP contribution in [0, 0.1) is 6.92 Å². The summed E-state index contributed by atoms with van der Waals surface area (Å²) in [6, 6.07) is 0.0253. The van der Waals surface area contributed by atoms with E-state index in [4.69, 9.17) is 0 Å². The molecule has 0 unspecified atom stereocenters. The lowest BCUT2D eigenvalue weighted by atomic mass is 10.4. The Morgan fingerprint density at radius 1 is 1.54 bits per heavy atom. The molecule has 0 bridgehead atoms. The third kappa shape index (κ3) is 1.97. The van der Waals surface area contributed by atoms with Gasteiger partial charge in [-0.3, -0.25) is 0 Å². The highest BCUT2D eigenvalue weighted by atomic mass is 32.2. The predicted molar refractivity (Wildman–Crippen MR) is 50.7 cm³/mol. The van der Waals surface area contributed by atoms with Crippen molar-refractivity contribution in [2.75, 3.05) is 16.8 Å². The lowest BCUT2D eigenvalue weighted by Gasteiger charge is -2.25. The van der Waals surface area contributed by atoms with Gasteiger partial charge in [-0.15, -0.1) is 0 Å². The van der Waals surface area contributed by atoms with E-state index in [0.717, 1.165) is 5.82 Å². The number of hydrogen-bond donors (Lipinski definition) is 1. The lowest BCUT2D eigenvalue weighted by Crippen LogP contribution is -2.46. The van der Waals surface area contributed by atoms with Crippen molar-refractivity contribution in [3.63, 3.8) is 0 Å². The summed E-state index contributed by atoms with van der Waals surface area (Å²) in [4.78, 5) is 4.08. The molecule has 13 heavy (non-hydrogen) atoms. The molecule has 0 atom stereocenters. The first-order chi connectivity index (χ1) is 6.05. The van der Waals surface area contributed by atoms with Crippen LogP contribution in [0.25, 0.3) is 0 Å². The molecule has 0 amide bonds. The van der Waals surface area contributed by atoms with Crippen molar-refractivity contribution in [3.05, 3.63) is 5.82 Å². The third-order valence-electron chi connectivity index (χ3n) is 1.77. The van der Waals surface area contributed by atoms with Crippen LogP contribution in [0.1, 0.15) is 5.82 Å². The fraction of sp³-hybridized carbons (Fsp3) is 0.667. The van der Waals surface area contributed by atoms with E-state index in [1.165, 1.54) is 11.5 Å². The van der Waals surface area contributed by atoms with Gasteiger partial charge in [-0.05, 0) is 6.92 Å². The van der Waals surface area contributed by atoms with Crippen LogP contribution in [-0.2, 0) is 9.84 Å². The van der Waals surface area contributed by atoms with Crippen molar-refractivity contribution in [3.8, 4) is 0 Å². The average molecular weight is 219 g/mol. The molecule has 1 aromatic rings. The van der Waals surface area contributed by atoms with Crippen LogP contribution in [0.2, 0.25) is 0 Å². The zero-order valence-electron chi connectivity index (χ0n) is 7.02. The standard InChI is InChI=1S/C6H9N3O2S2/c1-4-7-6(12-9-4)8-5-2-13(10,11)3-5/h5H,2-3H2,1H3,(H,7,8,9). The molecule has 0 aromatic carbocycles. The molecule has 5 nitrogen and oxygen atoms in total. The summed E-state index contributed by atoms with van der Waals surface area (Å²) in [6.07, 6.45) is 0. The second-order valence-corrected chi connectivity index (χ2v) is 5.97. The van der Waals surface area contributed by atoms with Gasteiger partial charge in [0.2, 0.25) is 5.13 Å². The number of hydrogen-bond acceptors (Lipinski definition) is 6. The Bertz CT molecular complexity index is 399. The monoisotopic (exact) mass is 219 g/mol. The maximum atomic E-state index is 10.8. The SMILES string of the molecule is Cc1nsc(NC2CS(=O)(=O)C2)n1. The first kappa shape index (κ1) is 8.89. The summed E-state index contributed by atoms with van der Waals surface area (Å²) in [5, 5.41) is 3.73. The molecule has 1 aromatic heterocycles. The minimum Gasteiger partial charge on any atom is -0.356 e. The Kier molecular flexibility index (Phi) is 1.99. The van der Waals surface area contributed by atoms with Crippen LogP contribution in [0.3, 0.4) is 0 Å². The molecule has 1 aliphatic heterocycles. The van der Waals surface area contributed by atoms with Crippen LogP contribution in [0.4, 0.5) is 5.13 Å². The first-order valence-corrected chi connectivity index (χ1v) is 6.42. The van der Waals surface area contributed by atoms with E-state index in [1.54, 1.807) is 6.92 Å². The second kappa shape index (κ2) is 2.91. The molecule has 0 spiro atoms. The van der Waals surface area contributed by atoms with Crippen LogP contribution >= 0.6 is 11.5 Å². The van der Waals surface area contributed by atoms with Gasteiger partial charge in [-0.25, -0.2) is 13.4 Å². The van der Waals surface area contributed by atoms with Crippen molar-refractivity contribution < 1.29 is 8.42 Å². The average Bonchev–Trinajstić information content (AvgIpc) is 2.31. The molecule has 1 N–H and O–H groups in total. The molecule has 0 saturated carbocycles. The molecule has 2 heterocycles. The maximum absolute atomic E-state index is 10.8. The largest absolute Gasteiger partial charge is 0.356 e. The zero-order valence-corrected chi connectivity index (χ0v) is 8.65. The van der Waals surface area contributed by atoms with E-state index >= 15 is 0 Å². The van der Waals surface area contributed by atoms with E-state index in [-0.39, 0.29) is 17.5 Å². The van der Waals surface area contributed by atoms with Crippen LogP contribution in [-0.4, -0.2) is 35.3 Å². The maximum Gasteiger partial charge on any atom is 0.202 e. The summed E-state index contributed by atoms with van der Waals surface area (Å²) >= 11 is 1.26. The Hall–Kier alpha value is -0.690. The summed E-state index contributed by atoms with van der Waals surface area (Å²) in [5.41, 5.74) is 0. The Balaban J connectivity index is 1.94. The van der Waals surface area contributed by atoms with Gasteiger partial charge in [0.15, 0.2) is 9.84 Å². The number of nitrogens with zero attached hydrogens (tertiary/aromatic N) is 2. The highest BCUT2D eigenvalue weighted by Crippen LogP contribution is 2.18. The molecular formula is C6H9N3O2S2. The fourth-order valence-corrected chi connectivity index (χ4v) is 3.12. The molecule has 2 rings (SSSR count). The number of nitrogens with one attached hydrogen (secondary N) is 1. The van der Waals surface area contributed by atoms with Crippen LogP contribution < -0.4 is 5.32 Å². The van der Waals surface area contributed by atoms with Gasteiger partial charge in [0, 0.05) is 11.5 Å². The molecule has 1 saturated heterocycles. The predicted octanol–water partition coefficient (Wildman–Crippen LogP) is 0.0554. The number of aryl methyl sites for hydroxylation is 1. The highest BCUT2D eigenvalue weighted by molar-refractivity contribution is 7.92. The third-order valence-corrected chi connectivity index (χ3v) is 4.32. The number of sulfone groups is 1. The Labute approximate surface area is 80.3 Å². The smallest absolute Gasteiger partial charge is 0.202 e. The summed E-state index contributed by atoms with van der Waals surface area (Å²) in [6.45, 7) is 1.80. The quantitative estimate of drug-likeness (QED) is 0.761. The van der Waals surface area contributed by atoms with Gasteiger partial charge in [0.05, 0.1) is 17.5 Å². The zero-order chi connectivity index (χ0) is 9.47. The first-order valence-electron chi connectivity index (χ1n) is 3.82. The van der Waals surface area contributed by atoms with Gasteiger partial charge < -0.3 is 5.32 Å². The Morgan fingerprint density at radius 2 is 2.23 bits per heavy atom. The molecule has 72 valence electrons. The number of rotatable bonds is 2. The number of anilines is 1. The lowest BCUT2D eigenvalue weighted by molar-refractivity contribution is 0.570. The van der Waals surface area contributed by atoms with Crippen molar-refractivity contribution in [2.45, 2.75) is 13.0 Å². The molecule has 0 radical (unpaired) electrons. The number of aromatic nitrogens is 2. The van der Waals surface area contributed by atoms with E-state index < -0.39 is 9.84 Å². The normalized spacial score (nSPS) is 21.0. The summed E-state index contributed by atoms with van der Waals surface area (Å²) in [5.74, 6) is 1.15. The van der Waals surface area contributed by atoms with E-state index in [1.807, 2.05) is 0 Å². The minimum atomic E-state index is -2.75. The summed E-state index contributed by atoms with van der Waals surface area (Å²) in [7, 11) is -2.75. The second-order valence-electron chi connectivity index (χ2n) is 3.06. The fourth-order valence-electron chi connectivity index (χ4n) is 1.18.